The highest BCUT2D eigenvalue weighted by atomic mass is 16.5. The number of likely N-dealkylation sites (N-methyl/N-ethyl adjacent to an activating group) is 1. The van der Waals surface area contributed by atoms with Crippen molar-refractivity contribution < 1.29 is 9.32 Å². The van der Waals surface area contributed by atoms with Crippen LogP contribution in [0.3, 0.4) is 0 Å². The van der Waals surface area contributed by atoms with Crippen molar-refractivity contribution >= 4 is 11.9 Å². The summed E-state index contributed by atoms with van der Waals surface area (Å²) in [6, 6.07) is 0. The Morgan fingerprint density at radius 3 is 3.00 bits per heavy atom. The van der Waals surface area contributed by atoms with Gasteiger partial charge in [-0.25, -0.2) is 0 Å². The lowest BCUT2D eigenvalue weighted by atomic mass is 10.5. The average Bonchev–Trinajstić information content (AvgIpc) is 2.37. The first-order valence-electron chi connectivity index (χ1n) is 3.33. The van der Waals surface area contributed by atoms with Gasteiger partial charge in [0.15, 0.2) is 0 Å². The van der Waals surface area contributed by atoms with Gasteiger partial charge in [0.25, 0.3) is 5.95 Å². The number of anilines is 1. The summed E-state index contributed by atoms with van der Waals surface area (Å²) in [5.74, 6) is -0.0448. The Kier molecular flexibility index (Phi) is 2.76. The largest absolute Gasteiger partial charge is 0.327 e. The van der Waals surface area contributed by atoms with E-state index < -0.39 is 0 Å². The van der Waals surface area contributed by atoms with E-state index >= 15 is 0 Å². The smallest absolute Gasteiger partial charge is 0.318 e. The summed E-state index contributed by atoms with van der Waals surface area (Å²) in [6.07, 6.45) is 2.12. The summed E-state index contributed by atoms with van der Waals surface area (Å²) >= 11 is 0. The zero-order valence-corrected chi connectivity index (χ0v) is 6.87. The number of carbonyl (C=O) groups excluding carboxylic acids is 1. The SMILES string of the molecule is CN(C)CC(=O)Nc1n[c]on1. The lowest BCUT2D eigenvalue weighted by Gasteiger charge is -2.06. The van der Waals surface area contributed by atoms with Gasteiger partial charge in [-0.2, -0.15) is 4.98 Å². The van der Waals surface area contributed by atoms with Crippen LogP contribution >= 0.6 is 0 Å². The molecule has 0 aliphatic rings. The number of nitrogens with zero attached hydrogens (tertiary/aromatic N) is 3. The first-order valence-corrected chi connectivity index (χ1v) is 3.33. The van der Waals surface area contributed by atoms with Crippen LogP contribution in [0.1, 0.15) is 0 Å². The molecule has 1 aromatic rings. The van der Waals surface area contributed by atoms with Gasteiger partial charge in [-0.1, -0.05) is 0 Å². The molecule has 1 heterocycles. The van der Waals surface area contributed by atoms with Crippen molar-refractivity contribution in [3.05, 3.63) is 6.39 Å². The molecule has 0 fully saturated rings. The van der Waals surface area contributed by atoms with Gasteiger partial charge in [-0.05, 0) is 19.3 Å². The maximum Gasteiger partial charge on any atom is 0.318 e. The highest BCUT2D eigenvalue weighted by Gasteiger charge is 2.05. The second-order valence-electron chi connectivity index (χ2n) is 2.50. The summed E-state index contributed by atoms with van der Waals surface area (Å²) in [7, 11) is 3.59. The van der Waals surface area contributed by atoms with Crippen molar-refractivity contribution in [2.75, 3.05) is 26.0 Å². The minimum atomic E-state index is -0.185. The third-order valence-electron chi connectivity index (χ3n) is 1.04. The number of aromatic nitrogens is 2. The Labute approximate surface area is 69.5 Å². The first-order chi connectivity index (χ1) is 5.68. The topological polar surface area (TPSA) is 71.3 Å². The van der Waals surface area contributed by atoms with E-state index in [2.05, 4.69) is 26.4 Å². The van der Waals surface area contributed by atoms with Crippen LogP contribution in [0.15, 0.2) is 4.52 Å². The van der Waals surface area contributed by atoms with E-state index in [1.807, 2.05) is 0 Å². The molecule has 0 aliphatic heterocycles. The zero-order valence-electron chi connectivity index (χ0n) is 6.87. The molecule has 0 atom stereocenters. The second kappa shape index (κ2) is 3.82. The Balaban J connectivity index is 2.37. The van der Waals surface area contributed by atoms with E-state index in [9.17, 15) is 4.79 Å². The summed E-state index contributed by atoms with van der Waals surface area (Å²) in [6.45, 7) is 0.286. The van der Waals surface area contributed by atoms with Crippen molar-refractivity contribution in [1.82, 2.24) is 15.0 Å². The van der Waals surface area contributed by atoms with E-state index in [-0.39, 0.29) is 18.4 Å². The third kappa shape index (κ3) is 2.67. The molecule has 6 heteroatoms. The van der Waals surface area contributed by atoms with Gasteiger partial charge in [0, 0.05) is 0 Å². The molecule has 0 bridgehead atoms. The molecular weight excluding hydrogens is 160 g/mol. The van der Waals surface area contributed by atoms with E-state index in [1.165, 1.54) is 0 Å². The minimum absolute atomic E-state index is 0.141. The van der Waals surface area contributed by atoms with Crippen molar-refractivity contribution in [2.45, 2.75) is 0 Å². The van der Waals surface area contributed by atoms with Crippen LogP contribution in [0.25, 0.3) is 0 Å². The molecule has 0 unspecified atom stereocenters. The number of nitrogens with one attached hydrogen (secondary N) is 1. The maximum absolute atomic E-state index is 11.0. The third-order valence-corrected chi connectivity index (χ3v) is 1.04. The number of rotatable bonds is 3. The lowest BCUT2D eigenvalue weighted by molar-refractivity contribution is -0.116. The molecule has 0 aliphatic carbocycles. The van der Waals surface area contributed by atoms with Crippen LogP contribution in [-0.4, -0.2) is 41.6 Å². The van der Waals surface area contributed by atoms with Crippen LogP contribution in [0, 0.1) is 6.39 Å². The van der Waals surface area contributed by atoms with Crippen LogP contribution in [0.5, 0.6) is 0 Å². The van der Waals surface area contributed by atoms with Crippen LogP contribution in [-0.2, 0) is 4.79 Å². The number of amides is 1. The van der Waals surface area contributed by atoms with Crippen molar-refractivity contribution in [1.29, 1.82) is 0 Å². The molecule has 6 nitrogen and oxygen atoms in total. The van der Waals surface area contributed by atoms with Gasteiger partial charge in [-0.15, -0.1) is 0 Å². The van der Waals surface area contributed by atoms with Crippen molar-refractivity contribution in [2.24, 2.45) is 0 Å². The Morgan fingerprint density at radius 1 is 1.75 bits per heavy atom. The molecule has 0 aromatic carbocycles. The van der Waals surface area contributed by atoms with E-state index in [0.717, 1.165) is 0 Å². The van der Waals surface area contributed by atoms with E-state index in [1.54, 1.807) is 19.0 Å². The fraction of sp³-hybridized carbons (Fsp3) is 0.500. The summed E-state index contributed by atoms with van der Waals surface area (Å²) < 4.78 is 4.31. The fourth-order valence-electron chi connectivity index (χ4n) is 0.650. The van der Waals surface area contributed by atoms with E-state index in [0.29, 0.717) is 0 Å². The highest BCUT2D eigenvalue weighted by Crippen LogP contribution is 1.93. The van der Waals surface area contributed by atoms with Crippen molar-refractivity contribution in [3.8, 4) is 0 Å². The number of hydrogen-bond acceptors (Lipinski definition) is 5. The average molecular weight is 169 g/mol. The molecule has 12 heavy (non-hydrogen) atoms. The summed E-state index contributed by atoms with van der Waals surface area (Å²) in [4.78, 5) is 16.3. The van der Waals surface area contributed by atoms with Crippen molar-refractivity contribution in [3.63, 3.8) is 0 Å². The van der Waals surface area contributed by atoms with E-state index in [4.69, 9.17) is 0 Å². The number of hydrogen-bond donors (Lipinski definition) is 1. The Hall–Kier alpha value is -1.43. The lowest BCUT2D eigenvalue weighted by Crippen LogP contribution is -2.27. The van der Waals surface area contributed by atoms with Gasteiger partial charge in [0.1, 0.15) is 0 Å². The molecule has 1 rings (SSSR count). The Bertz CT molecular complexity index is 244. The predicted molar refractivity (Wildman–Crippen MR) is 40.3 cm³/mol. The predicted octanol–water partition coefficient (Wildman–Crippen LogP) is -0.630. The molecule has 1 N–H and O–H groups in total. The normalized spacial score (nSPS) is 10.2. The minimum Gasteiger partial charge on any atom is -0.327 e. The molecule has 0 saturated carbocycles. The fourth-order valence-corrected chi connectivity index (χ4v) is 0.650. The summed E-state index contributed by atoms with van der Waals surface area (Å²) in [5.41, 5.74) is 0. The molecule has 0 saturated heterocycles. The molecule has 65 valence electrons. The van der Waals surface area contributed by atoms with Gasteiger partial charge in [-0.3, -0.25) is 10.1 Å². The van der Waals surface area contributed by atoms with Gasteiger partial charge in [0.05, 0.1) is 6.54 Å². The van der Waals surface area contributed by atoms with Gasteiger partial charge < -0.3 is 9.42 Å². The molecule has 1 radical (unpaired) electrons. The highest BCUT2D eigenvalue weighted by molar-refractivity contribution is 5.90. The molecular formula is C6H9N4O2. The quantitative estimate of drug-likeness (QED) is 0.652. The summed E-state index contributed by atoms with van der Waals surface area (Å²) in [5, 5.41) is 5.80. The molecule has 0 spiro atoms. The van der Waals surface area contributed by atoms with Crippen LogP contribution < -0.4 is 5.32 Å². The Morgan fingerprint density at radius 2 is 2.50 bits per heavy atom. The van der Waals surface area contributed by atoms with Gasteiger partial charge >= 0.3 is 6.39 Å². The molecule has 1 amide bonds. The van der Waals surface area contributed by atoms with Crippen LogP contribution in [0.4, 0.5) is 5.95 Å². The second-order valence-corrected chi connectivity index (χ2v) is 2.50. The standard InChI is InChI=1S/C6H9N4O2/c1-10(2)3-5(11)8-6-7-4-12-9-6/h3H2,1-2H3,(H,8,9,11). The maximum atomic E-state index is 11.0. The number of carbonyl (C=O) groups is 1. The first kappa shape index (κ1) is 8.66. The molecule has 1 aromatic heterocycles. The van der Waals surface area contributed by atoms with Crippen LogP contribution in [0.2, 0.25) is 0 Å². The monoisotopic (exact) mass is 169 g/mol. The van der Waals surface area contributed by atoms with Gasteiger partial charge in [0.2, 0.25) is 5.91 Å². The zero-order chi connectivity index (χ0) is 8.97.